The molecule has 0 aromatic carbocycles. The second-order valence-corrected chi connectivity index (χ2v) is 8.41. The van der Waals surface area contributed by atoms with E-state index in [1.807, 2.05) is 0 Å². The van der Waals surface area contributed by atoms with Crippen molar-refractivity contribution in [2.45, 2.75) is 135 Å². The minimum atomic E-state index is -0.706. The highest BCUT2D eigenvalue weighted by Crippen LogP contribution is 2.20. The molecular weight excluding hydrogens is 352 g/mol. The van der Waals surface area contributed by atoms with Crippen molar-refractivity contribution in [2.24, 2.45) is 5.92 Å². The third kappa shape index (κ3) is 19.7. The van der Waals surface area contributed by atoms with Gasteiger partial charge in [0.15, 0.2) is 0 Å². The van der Waals surface area contributed by atoms with Gasteiger partial charge in [-0.25, -0.2) is 0 Å². The van der Waals surface area contributed by atoms with Crippen LogP contribution in [0.4, 0.5) is 0 Å². The summed E-state index contributed by atoms with van der Waals surface area (Å²) >= 11 is 0. The van der Waals surface area contributed by atoms with Gasteiger partial charge in [0.1, 0.15) is 0 Å². The largest absolute Gasteiger partial charge is 0.481 e. The predicted octanol–water partition coefficient (Wildman–Crippen LogP) is 7.59. The second kappa shape index (κ2) is 20.7. The lowest BCUT2D eigenvalue weighted by Gasteiger charge is -2.12. The lowest BCUT2D eigenvalue weighted by atomic mass is 9.94. The molecule has 0 aliphatic carbocycles. The maximum atomic E-state index is 11.4. The highest BCUT2D eigenvalue weighted by atomic mass is 16.4. The van der Waals surface area contributed by atoms with Gasteiger partial charge in [0.25, 0.3) is 0 Å². The molecular formula is C24H46O4. The summed E-state index contributed by atoms with van der Waals surface area (Å²) in [7, 11) is 0. The first kappa shape index (κ1) is 26.9. The minimum absolute atomic E-state index is 0.162. The average molecular weight is 399 g/mol. The van der Waals surface area contributed by atoms with Gasteiger partial charge in [0.05, 0.1) is 5.92 Å². The number of unbranched alkanes of at least 4 members (excludes halogenated alkanes) is 15. The standard InChI is InChI=1S/C24H46O4/c1-2-3-4-5-6-7-8-10-13-16-19-22(24(27)28)20-17-14-11-9-12-15-18-21-23(25)26/h22H,2-21H2,1H3,(H,25,26)(H,27,28). The van der Waals surface area contributed by atoms with Crippen molar-refractivity contribution in [2.75, 3.05) is 0 Å². The Morgan fingerprint density at radius 1 is 0.571 bits per heavy atom. The van der Waals surface area contributed by atoms with E-state index in [0.29, 0.717) is 0 Å². The normalized spacial score (nSPS) is 12.2. The summed E-state index contributed by atoms with van der Waals surface area (Å²) < 4.78 is 0. The highest BCUT2D eigenvalue weighted by Gasteiger charge is 2.16. The first-order chi connectivity index (χ1) is 13.6. The molecule has 0 bridgehead atoms. The fraction of sp³-hybridized carbons (Fsp3) is 0.917. The van der Waals surface area contributed by atoms with E-state index in [4.69, 9.17) is 5.11 Å². The molecule has 0 rings (SSSR count). The Hall–Kier alpha value is -1.06. The van der Waals surface area contributed by atoms with Gasteiger partial charge in [-0.15, -0.1) is 0 Å². The van der Waals surface area contributed by atoms with Crippen molar-refractivity contribution in [3.05, 3.63) is 0 Å². The van der Waals surface area contributed by atoms with E-state index in [9.17, 15) is 14.7 Å². The number of hydrogen-bond acceptors (Lipinski definition) is 2. The van der Waals surface area contributed by atoms with E-state index in [1.54, 1.807) is 0 Å². The van der Waals surface area contributed by atoms with Crippen molar-refractivity contribution in [3.8, 4) is 0 Å². The first-order valence-corrected chi connectivity index (χ1v) is 12.0. The number of rotatable bonds is 22. The summed E-state index contributed by atoms with van der Waals surface area (Å²) in [4.78, 5) is 21.9. The zero-order valence-electron chi connectivity index (χ0n) is 18.4. The Morgan fingerprint density at radius 3 is 1.29 bits per heavy atom. The van der Waals surface area contributed by atoms with E-state index >= 15 is 0 Å². The van der Waals surface area contributed by atoms with Crippen molar-refractivity contribution >= 4 is 11.9 Å². The van der Waals surface area contributed by atoms with Crippen molar-refractivity contribution in [3.63, 3.8) is 0 Å². The minimum Gasteiger partial charge on any atom is -0.481 e. The number of hydrogen-bond donors (Lipinski definition) is 2. The molecule has 0 heterocycles. The summed E-state index contributed by atoms with van der Waals surface area (Å²) in [5.74, 6) is -1.49. The van der Waals surface area contributed by atoms with Crippen LogP contribution in [0.2, 0.25) is 0 Å². The number of carboxylic acids is 2. The smallest absolute Gasteiger partial charge is 0.306 e. The van der Waals surface area contributed by atoms with Gasteiger partial charge in [0, 0.05) is 6.42 Å². The zero-order valence-corrected chi connectivity index (χ0v) is 18.4. The molecule has 0 fully saturated rings. The maximum Gasteiger partial charge on any atom is 0.306 e. The molecule has 0 aromatic heterocycles. The molecule has 0 saturated carbocycles. The summed E-state index contributed by atoms with van der Waals surface area (Å²) in [6, 6.07) is 0. The molecule has 0 radical (unpaired) electrons. The van der Waals surface area contributed by atoms with Crippen LogP contribution in [0, 0.1) is 5.92 Å². The molecule has 0 aromatic rings. The molecule has 0 amide bonds. The van der Waals surface area contributed by atoms with Crippen LogP contribution in [0.5, 0.6) is 0 Å². The predicted molar refractivity (Wildman–Crippen MR) is 117 cm³/mol. The molecule has 0 aliphatic rings. The van der Waals surface area contributed by atoms with E-state index < -0.39 is 11.9 Å². The average Bonchev–Trinajstić information content (AvgIpc) is 2.65. The molecule has 0 aliphatic heterocycles. The Kier molecular flexibility index (Phi) is 19.9. The summed E-state index contributed by atoms with van der Waals surface area (Å²) in [6.07, 6.45) is 22.0. The number of carbonyl (C=O) groups is 2. The lowest BCUT2D eigenvalue weighted by Crippen LogP contribution is -2.13. The summed E-state index contributed by atoms with van der Waals surface area (Å²) in [5, 5.41) is 18.0. The van der Waals surface area contributed by atoms with Gasteiger partial charge < -0.3 is 10.2 Å². The van der Waals surface area contributed by atoms with Crippen LogP contribution in [0.3, 0.4) is 0 Å². The third-order valence-electron chi connectivity index (χ3n) is 5.70. The fourth-order valence-electron chi connectivity index (χ4n) is 3.82. The Bertz CT molecular complexity index is 368. The van der Waals surface area contributed by atoms with Crippen molar-refractivity contribution in [1.29, 1.82) is 0 Å². The molecule has 4 nitrogen and oxygen atoms in total. The van der Waals surface area contributed by atoms with Crippen LogP contribution in [0.1, 0.15) is 135 Å². The van der Waals surface area contributed by atoms with Gasteiger partial charge >= 0.3 is 11.9 Å². The molecule has 1 atom stereocenters. The van der Waals surface area contributed by atoms with Crippen LogP contribution < -0.4 is 0 Å². The van der Waals surface area contributed by atoms with Gasteiger partial charge in [-0.05, 0) is 19.3 Å². The van der Waals surface area contributed by atoms with Crippen LogP contribution in [-0.2, 0) is 9.59 Å². The van der Waals surface area contributed by atoms with E-state index in [0.717, 1.165) is 64.2 Å². The molecule has 0 spiro atoms. The van der Waals surface area contributed by atoms with E-state index in [-0.39, 0.29) is 12.3 Å². The Labute approximate surface area is 173 Å². The maximum absolute atomic E-state index is 11.4. The number of aliphatic carboxylic acids is 2. The molecule has 166 valence electrons. The molecule has 1 unspecified atom stereocenters. The van der Waals surface area contributed by atoms with Crippen molar-refractivity contribution in [1.82, 2.24) is 0 Å². The van der Waals surface area contributed by atoms with Crippen LogP contribution in [-0.4, -0.2) is 22.2 Å². The third-order valence-corrected chi connectivity index (χ3v) is 5.70. The van der Waals surface area contributed by atoms with Crippen LogP contribution in [0.25, 0.3) is 0 Å². The van der Waals surface area contributed by atoms with Gasteiger partial charge in [-0.3, -0.25) is 9.59 Å². The van der Waals surface area contributed by atoms with Gasteiger partial charge in [0.2, 0.25) is 0 Å². The second-order valence-electron chi connectivity index (χ2n) is 8.41. The van der Waals surface area contributed by atoms with E-state index in [1.165, 1.54) is 57.8 Å². The molecule has 4 heteroatoms. The van der Waals surface area contributed by atoms with Gasteiger partial charge in [-0.1, -0.05) is 110 Å². The van der Waals surface area contributed by atoms with Crippen molar-refractivity contribution < 1.29 is 19.8 Å². The molecule has 28 heavy (non-hydrogen) atoms. The summed E-state index contributed by atoms with van der Waals surface area (Å²) in [5.41, 5.74) is 0. The number of carboxylic acid groups (broad SMARTS) is 2. The highest BCUT2D eigenvalue weighted by molar-refractivity contribution is 5.69. The topological polar surface area (TPSA) is 74.6 Å². The van der Waals surface area contributed by atoms with E-state index in [2.05, 4.69) is 6.92 Å². The quantitative estimate of drug-likeness (QED) is 0.184. The SMILES string of the molecule is CCCCCCCCCCCCC(CCCCCCCCCC(=O)O)C(=O)O. The molecule has 0 saturated heterocycles. The Morgan fingerprint density at radius 2 is 0.929 bits per heavy atom. The first-order valence-electron chi connectivity index (χ1n) is 12.0. The molecule has 2 N–H and O–H groups in total. The Balaban J connectivity index is 3.48. The summed E-state index contributed by atoms with van der Waals surface area (Å²) in [6.45, 7) is 2.25. The van der Waals surface area contributed by atoms with Crippen LogP contribution >= 0.6 is 0 Å². The van der Waals surface area contributed by atoms with Crippen LogP contribution in [0.15, 0.2) is 0 Å². The monoisotopic (exact) mass is 398 g/mol. The van der Waals surface area contributed by atoms with Gasteiger partial charge in [-0.2, -0.15) is 0 Å². The fourth-order valence-corrected chi connectivity index (χ4v) is 3.82. The lowest BCUT2D eigenvalue weighted by molar-refractivity contribution is -0.142. The zero-order chi connectivity index (χ0) is 20.9.